The van der Waals surface area contributed by atoms with Gasteiger partial charge in [-0.25, -0.2) is 5.43 Å². The van der Waals surface area contributed by atoms with E-state index in [0.29, 0.717) is 22.0 Å². The molecule has 2 rings (SSSR count). The summed E-state index contributed by atoms with van der Waals surface area (Å²) in [4.78, 5) is 35.9. The summed E-state index contributed by atoms with van der Waals surface area (Å²) in [6.45, 7) is 0. The number of anilines is 2. The predicted octanol–water partition coefficient (Wildman–Crippen LogP) is 2.79. The first-order chi connectivity index (χ1) is 13.3. The highest BCUT2D eigenvalue weighted by Crippen LogP contribution is 2.27. The first-order valence-corrected chi connectivity index (χ1v) is 8.47. The molecule has 0 spiro atoms. The Morgan fingerprint density at radius 3 is 2.46 bits per heavy atom. The van der Waals surface area contributed by atoms with Crippen molar-refractivity contribution < 1.29 is 14.5 Å². The topological polar surface area (TPSA) is 117 Å². The minimum atomic E-state index is -0.623. The van der Waals surface area contributed by atoms with Crippen LogP contribution in [0.3, 0.4) is 0 Å². The molecule has 0 saturated carbocycles. The molecule has 2 amide bonds. The van der Waals surface area contributed by atoms with Gasteiger partial charge in [-0.2, -0.15) is 5.10 Å². The van der Waals surface area contributed by atoms with Gasteiger partial charge in [0.25, 0.3) is 5.69 Å². The van der Waals surface area contributed by atoms with Crippen molar-refractivity contribution in [2.45, 2.75) is 6.42 Å². The molecule has 146 valence electrons. The van der Waals surface area contributed by atoms with Crippen molar-refractivity contribution >= 4 is 46.7 Å². The van der Waals surface area contributed by atoms with Crippen LogP contribution in [0.15, 0.2) is 47.6 Å². The fourth-order valence-electron chi connectivity index (χ4n) is 2.25. The number of hydrazone groups is 1. The summed E-state index contributed by atoms with van der Waals surface area (Å²) in [7, 11) is 3.40. The van der Waals surface area contributed by atoms with Crippen LogP contribution < -0.4 is 15.6 Å². The Morgan fingerprint density at radius 1 is 1.18 bits per heavy atom. The van der Waals surface area contributed by atoms with Gasteiger partial charge in [0, 0.05) is 36.4 Å². The van der Waals surface area contributed by atoms with E-state index < -0.39 is 23.2 Å². The lowest BCUT2D eigenvalue weighted by atomic mass is 10.2. The van der Waals surface area contributed by atoms with Gasteiger partial charge < -0.3 is 10.2 Å². The van der Waals surface area contributed by atoms with E-state index in [9.17, 15) is 19.7 Å². The summed E-state index contributed by atoms with van der Waals surface area (Å²) in [6, 6.07) is 11.0. The Labute approximate surface area is 166 Å². The summed E-state index contributed by atoms with van der Waals surface area (Å²) >= 11 is 5.76. The molecule has 9 nitrogen and oxygen atoms in total. The van der Waals surface area contributed by atoms with Crippen molar-refractivity contribution in [3.05, 3.63) is 63.2 Å². The highest BCUT2D eigenvalue weighted by molar-refractivity contribution is 6.30. The maximum Gasteiger partial charge on any atom is 0.293 e. The summed E-state index contributed by atoms with van der Waals surface area (Å²) in [5.74, 6) is -1.14. The Morgan fingerprint density at radius 2 is 1.86 bits per heavy atom. The molecule has 0 fully saturated rings. The zero-order chi connectivity index (χ0) is 20.7. The molecule has 2 aromatic rings. The van der Waals surface area contributed by atoms with Gasteiger partial charge in [0.15, 0.2) is 0 Å². The standard InChI is InChI=1S/C18H18ClN5O4/c1-23(2)15-8-3-12(9-16(15)24(27)28)11-20-22-18(26)10-17(25)21-14-6-4-13(19)5-7-14/h3-9,11H,10H2,1-2H3,(H,21,25)(H,22,26). The van der Waals surface area contributed by atoms with Gasteiger partial charge in [0.05, 0.1) is 11.1 Å². The third-order valence-electron chi connectivity index (χ3n) is 3.53. The number of nitro benzene ring substituents is 1. The normalized spacial score (nSPS) is 10.5. The van der Waals surface area contributed by atoms with Crippen molar-refractivity contribution in [3.63, 3.8) is 0 Å². The van der Waals surface area contributed by atoms with E-state index in [1.165, 1.54) is 12.3 Å². The number of benzene rings is 2. The van der Waals surface area contributed by atoms with Gasteiger partial charge in [-0.15, -0.1) is 0 Å². The van der Waals surface area contributed by atoms with Crippen molar-refractivity contribution in [2.75, 3.05) is 24.3 Å². The number of rotatable bonds is 7. The number of carbonyl (C=O) groups is 2. The van der Waals surface area contributed by atoms with E-state index in [0.717, 1.165) is 0 Å². The number of nitrogens with one attached hydrogen (secondary N) is 2. The van der Waals surface area contributed by atoms with Crippen LogP contribution in [0.5, 0.6) is 0 Å². The van der Waals surface area contributed by atoms with Gasteiger partial charge in [0.1, 0.15) is 12.1 Å². The molecule has 28 heavy (non-hydrogen) atoms. The van der Waals surface area contributed by atoms with Crippen LogP contribution in [0.4, 0.5) is 17.1 Å². The molecule has 0 aliphatic rings. The second-order valence-corrected chi connectivity index (χ2v) is 6.36. The molecule has 0 heterocycles. The lowest BCUT2D eigenvalue weighted by Crippen LogP contribution is -2.24. The molecule has 2 aromatic carbocycles. The van der Waals surface area contributed by atoms with Crippen molar-refractivity contribution in [1.82, 2.24) is 5.43 Å². The maximum absolute atomic E-state index is 11.8. The van der Waals surface area contributed by atoms with E-state index >= 15 is 0 Å². The molecule has 0 bridgehead atoms. The molecule has 0 aromatic heterocycles. The number of hydrogen-bond acceptors (Lipinski definition) is 6. The monoisotopic (exact) mass is 403 g/mol. The summed E-state index contributed by atoms with van der Waals surface area (Å²) in [5.41, 5.74) is 3.53. The van der Waals surface area contributed by atoms with E-state index in [4.69, 9.17) is 11.6 Å². The Hall–Kier alpha value is -3.46. The summed E-state index contributed by atoms with van der Waals surface area (Å²) < 4.78 is 0. The van der Waals surface area contributed by atoms with Crippen LogP contribution in [0.25, 0.3) is 0 Å². The van der Waals surface area contributed by atoms with Gasteiger partial charge in [-0.1, -0.05) is 17.7 Å². The van der Waals surface area contributed by atoms with E-state index in [2.05, 4.69) is 15.8 Å². The van der Waals surface area contributed by atoms with Crippen LogP contribution in [0, 0.1) is 10.1 Å². The van der Waals surface area contributed by atoms with Crippen LogP contribution in [0.2, 0.25) is 5.02 Å². The minimum Gasteiger partial charge on any atom is -0.372 e. The van der Waals surface area contributed by atoms with Gasteiger partial charge in [-0.3, -0.25) is 19.7 Å². The maximum atomic E-state index is 11.8. The molecule has 0 saturated heterocycles. The molecule has 2 N–H and O–H groups in total. The predicted molar refractivity (Wildman–Crippen MR) is 108 cm³/mol. The van der Waals surface area contributed by atoms with Gasteiger partial charge >= 0.3 is 0 Å². The average Bonchev–Trinajstić information content (AvgIpc) is 2.63. The Bertz CT molecular complexity index is 913. The van der Waals surface area contributed by atoms with Crippen LogP contribution in [-0.2, 0) is 9.59 Å². The summed E-state index contributed by atoms with van der Waals surface area (Å²) in [5, 5.41) is 18.0. The van der Waals surface area contributed by atoms with E-state index in [1.807, 2.05) is 0 Å². The number of nitrogens with zero attached hydrogens (tertiary/aromatic N) is 3. The molecular weight excluding hydrogens is 386 g/mol. The van der Waals surface area contributed by atoms with E-state index in [-0.39, 0.29) is 5.69 Å². The first-order valence-electron chi connectivity index (χ1n) is 8.09. The smallest absolute Gasteiger partial charge is 0.293 e. The van der Waals surface area contributed by atoms with Gasteiger partial charge in [-0.05, 0) is 30.3 Å². The minimum absolute atomic E-state index is 0.0809. The largest absolute Gasteiger partial charge is 0.372 e. The SMILES string of the molecule is CN(C)c1ccc(C=NNC(=O)CC(=O)Nc2ccc(Cl)cc2)cc1[N+](=O)[O-]. The quantitative estimate of drug-likeness (QED) is 0.319. The second-order valence-electron chi connectivity index (χ2n) is 5.92. The molecule has 10 heteroatoms. The zero-order valence-corrected chi connectivity index (χ0v) is 15.9. The molecule has 0 aliphatic carbocycles. The van der Waals surface area contributed by atoms with Crippen molar-refractivity contribution in [3.8, 4) is 0 Å². The third-order valence-corrected chi connectivity index (χ3v) is 3.78. The number of carbonyl (C=O) groups excluding carboxylic acids is 2. The fourth-order valence-corrected chi connectivity index (χ4v) is 2.37. The molecule has 0 radical (unpaired) electrons. The highest BCUT2D eigenvalue weighted by Gasteiger charge is 2.15. The van der Waals surface area contributed by atoms with Crippen LogP contribution in [-0.4, -0.2) is 37.0 Å². The lowest BCUT2D eigenvalue weighted by molar-refractivity contribution is -0.384. The van der Waals surface area contributed by atoms with Crippen LogP contribution in [0.1, 0.15) is 12.0 Å². The Kier molecular flexibility index (Phi) is 7.05. The van der Waals surface area contributed by atoms with Crippen LogP contribution >= 0.6 is 11.6 Å². The first kappa shape index (κ1) is 20.8. The highest BCUT2D eigenvalue weighted by atomic mass is 35.5. The number of nitro groups is 1. The van der Waals surface area contributed by atoms with Crippen molar-refractivity contribution in [1.29, 1.82) is 0 Å². The zero-order valence-electron chi connectivity index (χ0n) is 15.2. The lowest BCUT2D eigenvalue weighted by Gasteiger charge is -2.12. The van der Waals surface area contributed by atoms with E-state index in [1.54, 1.807) is 55.4 Å². The fraction of sp³-hybridized carbons (Fsp3) is 0.167. The second kappa shape index (κ2) is 9.47. The average molecular weight is 404 g/mol. The molecular formula is C18H18ClN5O4. The third kappa shape index (κ3) is 6.06. The number of amides is 2. The number of hydrogen-bond donors (Lipinski definition) is 2. The van der Waals surface area contributed by atoms with Crippen molar-refractivity contribution in [2.24, 2.45) is 5.10 Å². The molecule has 0 atom stereocenters. The number of halogens is 1. The Balaban J connectivity index is 1.92. The molecule has 0 aliphatic heterocycles. The van der Waals surface area contributed by atoms with Gasteiger partial charge in [0.2, 0.25) is 11.8 Å². The molecule has 0 unspecified atom stereocenters. The summed E-state index contributed by atoms with van der Waals surface area (Å²) in [6.07, 6.45) is 0.834.